The van der Waals surface area contributed by atoms with Crippen LogP contribution in [0.4, 0.5) is 10.1 Å². The topological polar surface area (TPSA) is 69.6 Å². The van der Waals surface area contributed by atoms with E-state index in [0.29, 0.717) is 31.4 Å². The number of carboxylic acid groups (broad SMARTS) is 1. The molecule has 1 fully saturated rings. The molecule has 1 aromatic rings. The number of anilines is 1. The molecule has 4 nitrogen and oxygen atoms in total. The SMILES string of the molecule is O=C(O)C1CCC(O)(CNc2ccc(F)cc2Cl)CC1. The Hall–Kier alpha value is -1.33. The summed E-state index contributed by atoms with van der Waals surface area (Å²) in [7, 11) is 0. The largest absolute Gasteiger partial charge is 0.481 e. The first-order valence-corrected chi connectivity index (χ1v) is 6.91. The van der Waals surface area contributed by atoms with Gasteiger partial charge in [-0.1, -0.05) is 11.6 Å². The normalized spacial score (nSPS) is 26.2. The average Bonchev–Trinajstić information content (AvgIpc) is 2.38. The van der Waals surface area contributed by atoms with Crippen molar-refractivity contribution in [3.63, 3.8) is 0 Å². The van der Waals surface area contributed by atoms with E-state index in [1.807, 2.05) is 0 Å². The summed E-state index contributed by atoms with van der Waals surface area (Å²) in [4.78, 5) is 10.9. The third kappa shape index (κ3) is 3.61. The van der Waals surface area contributed by atoms with Gasteiger partial charge in [-0.3, -0.25) is 4.79 Å². The van der Waals surface area contributed by atoms with Crippen LogP contribution in [-0.4, -0.2) is 28.3 Å². The molecule has 0 saturated heterocycles. The molecular formula is C14H17ClFNO3. The maximum Gasteiger partial charge on any atom is 0.306 e. The van der Waals surface area contributed by atoms with Crippen molar-refractivity contribution in [3.8, 4) is 0 Å². The van der Waals surface area contributed by atoms with Crippen LogP contribution in [-0.2, 0) is 4.79 Å². The summed E-state index contributed by atoms with van der Waals surface area (Å²) in [6, 6.07) is 4.01. The zero-order valence-electron chi connectivity index (χ0n) is 10.9. The van der Waals surface area contributed by atoms with Crippen LogP contribution in [0.25, 0.3) is 0 Å². The quantitative estimate of drug-likeness (QED) is 0.800. The van der Waals surface area contributed by atoms with Crippen LogP contribution in [0, 0.1) is 11.7 Å². The molecule has 0 aromatic heterocycles. The van der Waals surface area contributed by atoms with E-state index >= 15 is 0 Å². The second-order valence-electron chi connectivity index (χ2n) is 5.31. The first-order chi connectivity index (χ1) is 9.39. The Labute approximate surface area is 121 Å². The lowest BCUT2D eigenvalue weighted by molar-refractivity contribution is -0.144. The van der Waals surface area contributed by atoms with Crippen molar-refractivity contribution in [2.24, 2.45) is 5.92 Å². The maximum atomic E-state index is 12.9. The molecule has 0 heterocycles. The van der Waals surface area contributed by atoms with Crippen molar-refractivity contribution in [2.45, 2.75) is 31.3 Å². The number of aliphatic carboxylic acids is 1. The van der Waals surface area contributed by atoms with E-state index in [4.69, 9.17) is 16.7 Å². The second-order valence-corrected chi connectivity index (χ2v) is 5.72. The van der Waals surface area contributed by atoms with Gasteiger partial charge in [0.25, 0.3) is 0 Å². The molecular weight excluding hydrogens is 285 g/mol. The fourth-order valence-electron chi connectivity index (χ4n) is 2.47. The van der Waals surface area contributed by atoms with Gasteiger partial charge in [-0.15, -0.1) is 0 Å². The Morgan fingerprint density at radius 3 is 2.65 bits per heavy atom. The minimum atomic E-state index is -0.941. The van der Waals surface area contributed by atoms with Crippen molar-refractivity contribution in [1.29, 1.82) is 0 Å². The van der Waals surface area contributed by atoms with Crippen molar-refractivity contribution in [1.82, 2.24) is 0 Å². The zero-order chi connectivity index (χ0) is 14.8. The van der Waals surface area contributed by atoms with E-state index < -0.39 is 17.4 Å². The highest BCUT2D eigenvalue weighted by Crippen LogP contribution is 2.33. The molecule has 2 rings (SSSR count). The molecule has 6 heteroatoms. The van der Waals surface area contributed by atoms with Gasteiger partial charge in [0.1, 0.15) is 5.82 Å². The van der Waals surface area contributed by atoms with Crippen molar-refractivity contribution < 1.29 is 19.4 Å². The molecule has 110 valence electrons. The van der Waals surface area contributed by atoms with Crippen LogP contribution in [0.15, 0.2) is 18.2 Å². The van der Waals surface area contributed by atoms with Gasteiger partial charge in [-0.05, 0) is 43.9 Å². The monoisotopic (exact) mass is 301 g/mol. The summed E-state index contributed by atoms with van der Waals surface area (Å²) in [6.45, 7) is 0.269. The zero-order valence-corrected chi connectivity index (χ0v) is 11.7. The van der Waals surface area contributed by atoms with Crippen LogP contribution < -0.4 is 5.32 Å². The molecule has 0 bridgehead atoms. The Kier molecular flexibility index (Phi) is 4.50. The van der Waals surface area contributed by atoms with Crippen LogP contribution in [0.3, 0.4) is 0 Å². The highest BCUT2D eigenvalue weighted by atomic mass is 35.5. The second kappa shape index (κ2) is 5.97. The Morgan fingerprint density at radius 2 is 2.10 bits per heavy atom. The number of rotatable bonds is 4. The lowest BCUT2D eigenvalue weighted by Gasteiger charge is -2.35. The molecule has 0 radical (unpaired) electrons. The smallest absolute Gasteiger partial charge is 0.306 e. The van der Waals surface area contributed by atoms with Gasteiger partial charge in [0.05, 0.1) is 22.2 Å². The molecule has 0 spiro atoms. The van der Waals surface area contributed by atoms with Crippen LogP contribution in [0.5, 0.6) is 0 Å². The number of hydrogen-bond donors (Lipinski definition) is 3. The number of nitrogens with one attached hydrogen (secondary N) is 1. The molecule has 0 unspecified atom stereocenters. The molecule has 20 heavy (non-hydrogen) atoms. The van der Waals surface area contributed by atoms with Gasteiger partial charge in [0, 0.05) is 6.54 Å². The van der Waals surface area contributed by atoms with Gasteiger partial charge in [0.2, 0.25) is 0 Å². The van der Waals surface area contributed by atoms with Gasteiger partial charge in [0.15, 0.2) is 0 Å². The third-order valence-corrected chi connectivity index (χ3v) is 4.12. The van der Waals surface area contributed by atoms with E-state index in [-0.39, 0.29) is 17.5 Å². The van der Waals surface area contributed by atoms with E-state index in [1.54, 1.807) is 0 Å². The summed E-state index contributed by atoms with van der Waals surface area (Å²) in [5.41, 5.74) is -0.384. The number of carboxylic acids is 1. The van der Waals surface area contributed by atoms with E-state index in [9.17, 15) is 14.3 Å². The van der Waals surface area contributed by atoms with Gasteiger partial charge < -0.3 is 15.5 Å². The Morgan fingerprint density at radius 1 is 1.45 bits per heavy atom. The Balaban J connectivity index is 1.92. The number of carbonyl (C=O) groups is 1. The number of benzene rings is 1. The molecule has 1 aliphatic rings. The van der Waals surface area contributed by atoms with Crippen LogP contribution in [0.2, 0.25) is 5.02 Å². The minimum Gasteiger partial charge on any atom is -0.481 e. The number of halogens is 2. The summed E-state index contributed by atoms with van der Waals surface area (Å²) in [5.74, 6) is -1.59. The average molecular weight is 302 g/mol. The van der Waals surface area contributed by atoms with Gasteiger partial charge >= 0.3 is 5.97 Å². The first kappa shape index (κ1) is 15.1. The third-order valence-electron chi connectivity index (χ3n) is 3.80. The molecule has 3 N–H and O–H groups in total. The predicted molar refractivity (Wildman–Crippen MR) is 74.4 cm³/mol. The predicted octanol–water partition coefficient (Wildman–Crippen LogP) is 2.90. The first-order valence-electron chi connectivity index (χ1n) is 6.54. The van der Waals surface area contributed by atoms with E-state index in [2.05, 4.69) is 5.32 Å². The van der Waals surface area contributed by atoms with Crippen molar-refractivity contribution in [3.05, 3.63) is 29.0 Å². The summed E-state index contributed by atoms with van der Waals surface area (Å²) in [5, 5.41) is 22.6. The summed E-state index contributed by atoms with van der Waals surface area (Å²) in [6.07, 6.45) is 1.78. The number of aliphatic hydroxyl groups is 1. The standard InChI is InChI=1S/C14H17ClFNO3/c15-11-7-10(16)1-2-12(11)17-8-14(20)5-3-9(4-6-14)13(18)19/h1-2,7,9,17,20H,3-6,8H2,(H,18,19). The summed E-state index contributed by atoms with van der Waals surface area (Å²) < 4.78 is 12.9. The Bertz CT molecular complexity index is 501. The van der Waals surface area contributed by atoms with Crippen molar-refractivity contribution in [2.75, 3.05) is 11.9 Å². The summed E-state index contributed by atoms with van der Waals surface area (Å²) >= 11 is 5.90. The van der Waals surface area contributed by atoms with Gasteiger partial charge in [-0.25, -0.2) is 4.39 Å². The molecule has 0 amide bonds. The molecule has 0 aliphatic heterocycles. The number of hydrogen-bond acceptors (Lipinski definition) is 3. The highest BCUT2D eigenvalue weighted by Gasteiger charge is 2.35. The lowest BCUT2D eigenvalue weighted by atomic mass is 9.79. The van der Waals surface area contributed by atoms with Crippen molar-refractivity contribution >= 4 is 23.3 Å². The van der Waals surface area contributed by atoms with E-state index in [0.717, 1.165) is 0 Å². The van der Waals surface area contributed by atoms with Crippen LogP contribution >= 0.6 is 11.6 Å². The highest BCUT2D eigenvalue weighted by molar-refractivity contribution is 6.33. The maximum absolute atomic E-state index is 12.9. The molecule has 1 aromatic carbocycles. The fraction of sp³-hybridized carbons (Fsp3) is 0.500. The minimum absolute atomic E-state index is 0.257. The molecule has 0 atom stereocenters. The fourth-order valence-corrected chi connectivity index (χ4v) is 2.71. The van der Waals surface area contributed by atoms with E-state index in [1.165, 1.54) is 18.2 Å². The van der Waals surface area contributed by atoms with Gasteiger partial charge in [-0.2, -0.15) is 0 Å². The lowest BCUT2D eigenvalue weighted by Crippen LogP contribution is -2.41. The van der Waals surface area contributed by atoms with Crippen LogP contribution in [0.1, 0.15) is 25.7 Å². The molecule has 1 saturated carbocycles. The molecule has 1 aliphatic carbocycles.